The van der Waals surface area contributed by atoms with Crippen molar-refractivity contribution in [2.45, 2.75) is 6.54 Å². The molecule has 2 aromatic carbocycles. The molecule has 1 fully saturated rings. The van der Waals surface area contributed by atoms with E-state index in [1.165, 1.54) is 0 Å². The molecular weight excluding hydrogens is 331 g/mol. The third-order valence-corrected chi connectivity index (χ3v) is 5.08. The molecule has 122 valence electrons. The highest BCUT2D eigenvalue weighted by molar-refractivity contribution is 6.42. The van der Waals surface area contributed by atoms with Crippen LogP contribution < -0.4 is 9.64 Å². The van der Waals surface area contributed by atoms with E-state index in [4.69, 9.17) is 27.9 Å². The largest absolute Gasteiger partial charge is 0.495 e. The van der Waals surface area contributed by atoms with Crippen molar-refractivity contribution in [2.75, 3.05) is 38.2 Å². The van der Waals surface area contributed by atoms with Crippen molar-refractivity contribution in [3.63, 3.8) is 0 Å². The molecule has 1 heterocycles. The maximum Gasteiger partial charge on any atom is 0.142 e. The number of halogens is 2. The number of hydrogen-bond acceptors (Lipinski definition) is 3. The van der Waals surface area contributed by atoms with Crippen molar-refractivity contribution >= 4 is 28.9 Å². The summed E-state index contributed by atoms with van der Waals surface area (Å²) in [5.41, 5.74) is 2.25. The van der Waals surface area contributed by atoms with Crippen LogP contribution in [0, 0.1) is 0 Å². The van der Waals surface area contributed by atoms with Crippen LogP contribution >= 0.6 is 23.2 Å². The molecule has 2 aromatic rings. The molecule has 1 saturated heterocycles. The summed E-state index contributed by atoms with van der Waals surface area (Å²) in [7, 11) is 1.72. The van der Waals surface area contributed by atoms with Crippen molar-refractivity contribution in [1.29, 1.82) is 0 Å². The van der Waals surface area contributed by atoms with E-state index in [9.17, 15) is 0 Å². The second-order valence-electron chi connectivity index (χ2n) is 5.65. The average Bonchev–Trinajstić information content (AvgIpc) is 2.59. The van der Waals surface area contributed by atoms with Gasteiger partial charge in [-0.1, -0.05) is 47.5 Å². The smallest absolute Gasteiger partial charge is 0.142 e. The van der Waals surface area contributed by atoms with E-state index in [1.54, 1.807) is 7.11 Å². The quantitative estimate of drug-likeness (QED) is 0.816. The van der Waals surface area contributed by atoms with Gasteiger partial charge in [-0.25, -0.2) is 0 Å². The molecule has 0 saturated carbocycles. The predicted molar refractivity (Wildman–Crippen MR) is 96.9 cm³/mol. The zero-order valence-corrected chi connectivity index (χ0v) is 14.6. The summed E-state index contributed by atoms with van der Waals surface area (Å²) in [4.78, 5) is 4.78. The van der Waals surface area contributed by atoms with Crippen LogP contribution in [0.1, 0.15) is 5.56 Å². The van der Waals surface area contributed by atoms with Crippen molar-refractivity contribution in [3.8, 4) is 5.75 Å². The molecule has 0 N–H and O–H groups in total. The lowest BCUT2D eigenvalue weighted by Crippen LogP contribution is -2.46. The Bertz CT molecular complexity index is 670. The van der Waals surface area contributed by atoms with E-state index in [0.29, 0.717) is 10.0 Å². The fraction of sp³-hybridized carbons (Fsp3) is 0.333. The highest BCUT2D eigenvalue weighted by Crippen LogP contribution is 2.30. The van der Waals surface area contributed by atoms with Gasteiger partial charge in [0, 0.05) is 32.7 Å². The Hall–Kier alpha value is -1.42. The molecule has 1 aliphatic heterocycles. The number of para-hydroxylation sites is 2. The van der Waals surface area contributed by atoms with Crippen LogP contribution in [0.4, 0.5) is 5.69 Å². The zero-order chi connectivity index (χ0) is 16.2. The molecule has 3 rings (SSSR count). The highest BCUT2D eigenvalue weighted by atomic mass is 35.5. The van der Waals surface area contributed by atoms with Crippen molar-refractivity contribution in [2.24, 2.45) is 0 Å². The molecule has 3 nitrogen and oxygen atoms in total. The Balaban J connectivity index is 1.63. The molecule has 5 heteroatoms. The SMILES string of the molecule is COc1ccccc1N1CCN(Cc2cccc(Cl)c2Cl)CC1. The van der Waals surface area contributed by atoms with E-state index < -0.39 is 0 Å². The monoisotopic (exact) mass is 350 g/mol. The molecule has 0 unspecified atom stereocenters. The fourth-order valence-corrected chi connectivity index (χ4v) is 3.33. The van der Waals surface area contributed by atoms with Gasteiger partial charge in [0.15, 0.2) is 0 Å². The Morgan fingerprint density at radius 1 is 0.957 bits per heavy atom. The van der Waals surface area contributed by atoms with Crippen molar-refractivity contribution in [1.82, 2.24) is 4.90 Å². The van der Waals surface area contributed by atoms with Gasteiger partial charge >= 0.3 is 0 Å². The van der Waals surface area contributed by atoms with Gasteiger partial charge in [-0.05, 0) is 23.8 Å². The Labute approximate surface area is 147 Å². The van der Waals surface area contributed by atoms with Crippen molar-refractivity contribution in [3.05, 3.63) is 58.1 Å². The number of nitrogens with zero attached hydrogens (tertiary/aromatic N) is 2. The summed E-state index contributed by atoms with van der Waals surface area (Å²) in [6.07, 6.45) is 0. The number of ether oxygens (including phenoxy) is 1. The zero-order valence-electron chi connectivity index (χ0n) is 13.1. The second kappa shape index (κ2) is 7.43. The van der Waals surface area contributed by atoms with Crippen LogP contribution in [0.5, 0.6) is 5.75 Å². The first-order chi connectivity index (χ1) is 11.2. The highest BCUT2D eigenvalue weighted by Gasteiger charge is 2.20. The molecule has 0 radical (unpaired) electrons. The first-order valence-corrected chi connectivity index (χ1v) is 8.48. The minimum atomic E-state index is 0.622. The fourth-order valence-electron chi connectivity index (χ4n) is 2.95. The Morgan fingerprint density at radius 2 is 1.70 bits per heavy atom. The van der Waals surface area contributed by atoms with Crippen LogP contribution in [-0.4, -0.2) is 38.2 Å². The van der Waals surface area contributed by atoms with Gasteiger partial charge in [0.05, 0.1) is 22.8 Å². The van der Waals surface area contributed by atoms with E-state index in [1.807, 2.05) is 30.3 Å². The first kappa shape index (κ1) is 16.4. The summed E-state index contributed by atoms with van der Waals surface area (Å²) in [6.45, 7) is 4.75. The van der Waals surface area contributed by atoms with E-state index in [0.717, 1.165) is 49.7 Å². The molecule has 23 heavy (non-hydrogen) atoms. The van der Waals surface area contributed by atoms with Gasteiger partial charge in [0.25, 0.3) is 0 Å². The maximum atomic E-state index is 6.29. The lowest BCUT2D eigenvalue weighted by atomic mass is 10.2. The summed E-state index contributed by atoms with van der Waals surface area (Å²) >= 11 is 12.4. The lowest BCUT2D eigenvalue weighted by molar-refractivity contribution is 0.249. The number of benzene rings is 2. The molecule has 0 amide bonds. The summed E-state index contributed by atoms with van der Waals surface area (Å²) in [6, 6.07) is 14.0. The van der Waals surface area contributed by atoms with Gasteiger partial charge in [-0.15, -0.1) is 0 Å². The summed E-state index contributed by atoms with van der Waals surface area (Å²) in [5.74, 6) is 0.929. The van der Waals surface area contributed by atoms with E-state index >= 15 is 0 Å². The minimum Gasteiger partial charge on any atom is -0.495 e. The summed E-state index contributed by atoms with van der Waals surface area (Å²) in [5, 5.41) is 1.29. The molecular formula is C18H20Cl2N2O. The van der Waals surface area contributed by atoms with Gasteiger partial charge in [-0.3, -0.25) is 4.90 Å². The molecule has 0 bridgehead atoms. The van der Waals surface area contributed by atoms with Gasteiger partial charge in [-0.2, -0.15) is 0 Å². The Kier molecular flexibility index (Phi) is 5.31. The molecule has 0 spiro atoms. The van der Waals surface area contributed by atoms with Crippen LogP contribution in [-0.2, 0) is 6.54 Å². The van der Waals surface area contributed by atoms with E-state index in [-0.39, 0.29) is 0 Å². The number of anilines is 1. The van der Waals surface area contributed by atoms with Crippen molar-refractivity contribution < 1.29 is 4.74 Å². The minimum absolute atomic E-state index is 0.622. The van der Waals surface area contributed by atoms with Gasteiger partial charge < -0.3 is 9.64 Å². The predicted octanol–water partition coefficient (Wildman–Crippen LogP) is 4.32. The number of rotatable bonds is 4. The maximum absolute atomic E-state index is 6.29. The molecule has 0 aromatic heterocycles. The van der Waals surface area contributed by atoms with Gasteiger partial charge in [0.1, 0.15) is 5.75 Å². The normalized spacial score (nSPS) is 15.7. The summed E-state index contributed by atoms with van der Waals surface area (Å²) < 4.78 is 5.46. The standard InChI is InChI=1S/C18H20Cl2N2O/c1-23-17-8-3-2-7-16(17)22-11-9-21(10-12-22)13-14-5-4-6-15(19)18(14)20/h2-8H,9-13H2,1H3. The second-order valence-corrected chi connectivity index (χ2v) is 6.43. The van der Waals surface area contributed by atoms with E-state index in [2.05, 4.69) is 21.9 Å². The first-order valence-electron chi connectivity index (χ1n) is 7.72. The van der Waals surface area contributed by atoms with Gasteiger partial charge in [0.2, 0.25) is 0 Å². The topological polar surface area (TPSA) is 15.7 Å². The Morgan fingerprint density at radius 3 is 2.43 bits per heavy atom. The van der Waals surface area contributed by atoms with Crippen LogP contribution in [0.3, 0.4) is 0 Å². The van der Waals surface area contributed by atoms with Crippen LogP contribution in [0.15, 0.2) is 42.5 Å². The number of methoxy groups -OCH3 is 1. The molecule has 0 aliphatic carbocycles. The van der Waals surface area contributed by atoms with Crippen LogP contribution in [0.25, 0.3) is 0 Å². The number of hydrogen-bond donors (Lipinski definition) is 0. The third-order valence-electron chi connectivity index (χ3n) is 4.22. The third kappa shape index (κ3) is 3.74. The lowest BCUT2D eigenvalue weighted by Gasteiger charge is -2.36. The molecule has 0 atom stereocenters. The number of piperazine rings is 1. The molecule has 1 aliphatic rings. The van der Waals surface area contributed by atoms with Crippen LogP contribution in [0.2, 0.25) is 10.0 Å². The average molecular weight is 351 g/mol.